The molecule has 0 N–H and O–H groups in total. The average molecular weight is 106 g/mol. The van der Waals surface area contributed by atoms with E-state index >= 15 is 0 Å². The van der Waals surface area contributed by atoms with E-state index in [1.165, 1.54) is 0 Å². The van der Waals surface area contributed by atoms with E-state index in [9.17, 15) is 9.79 Å². The first kappa shape index (κ1) is 15.8. The number of hydrogen-bond donors (Lipinski definition) is 0. The zero-order chi connectivity index (χ0) is 4.28. The fraction of sp³-hybridized carbons (Fsp3) is 1.00. The maximum Gasteiger partial charge on any atom is 1.00 e. The van der Waals surface area contributed by atoms with Crippen molar-refractivity contribution < 1.29 is 47.5 Å². The molecule has 0 unspecified atom stereocenters. The Balaban J connectivity index is -0.0000000800. The Kier molecular flexibility index (Phi) is 23.8. The fourth-order valence-corrected chi connectivity index (χ4v) is 0. The molecule has 0 aliphatic heterocycles. The van der Waals surface area contributed by atoms with Crippen molar-refractivity contribution in [3.05, 3.63) is 0 Å². The van der Waals surface area contributed by atoms with Gasteiger partial charge in [-0.05, 0) is 0 Å². The van der Waals surface area contributed by atoms with Gasteiger partial charge in [-0.25, -0.2) is 0 Å². The topological polar surface area (TPSA) is 46.1 Å². The summed E-state index contributed by atoms with van der Waals surface area (Å²) >= 11 is 0. The van der Waals surface area contributed by atoms with Crippen LogP contribution in [-0.2, 0) is 0 Å². The van der Waals surface area contributed by atoms with Gasteiger partial charge in [0.15, 0.2) is 0 Å². The van der Waals surface area contributed by atoms with Gasteiger partial charge >= 0.3 is 37.7 Å². The van der Waals surface area contributed by atoms with Gasteiger partial charge < -0.3 is 18.2 Å². The van der Waals surface area contributed by atoms with E-state index in [1.807, 2.05) is 0 Å². The molecule has 0 atom stereocenters. The van der Waals surface area contributed by atoms with Crippen LogP contribution >= 0.6 is 8.38 Å². The average Bonchev–Trinajstić information content (AvgIpc) is 1.38. The summed E-state index contributed by atoms with van der Waals surface area (Å²) in [6.07, 6.45) is 0.259. The summed E-state index contributed by atoms with van der Waals surface area (Å²) in [5.74, 6) is 0. The van der Waals surface area contributed by atoms with Gasteiger partial charge in [-0.3, -0.25) is 0 Å². The van der Waals surface area contributed by atoms with Crippen molar-refractivity contribution in [1.82, 2.24) is 0 Å². The molecular weight excluding hydrogens is 101 g/mol. The van der Waals surface area contributed by atoms with Crippen LogP contribution < -0.4 is 47.5 Å². The van der Waals surface area contributed by atoms with E-state index in [4.69, 9.17) is 0 Å². The molecule has 0 fully saturated rings. The van der Waals surface area contributed by atoms with Gasteiger partial charge in [-0.2, -0.15) is 0 Å². The third-order valence-electron chi connectivity index (χ3n) is 0.258. The first-order chi connectivity index (χ1) is 2.27. The Morgan fingerprint density at radius 3 is 1.43 bits per heavy atom. The summed E-state index contributed by atoms with van der Waals surface area (Å²) in [7, 11) is -2.10. The third kappa shape index (κ3) is 18.5. The van der Waals surface area contributed by atoms with Crippen LogP contribution in [0.4, 0.5) is 0 Å². The van der Waals surface area contributed by atoms with Crippen molar-refractivity contribution in [3.8, 4) is 0 Å². The van der Waals surface area contributed by atoms with Gasteiger partial charge in [0.25, 0.3) is 0 Å². The zero-order valence-electron chi connectivity index (χ0n) is 4.97. The van der Waals surface area contributed by atoms with Crippen LogP contribution in [0.15, 0.2) is 0 Å². The van der Waals surface area contributed by atoms with Crippen molar-refractivity contribution in [2.75, 3.05) is 6.16 Å². The summed E-state index contributed by atoms with van der Waals surface area (Å²) in [4.78, 5) is 18.8. The van der Waals surface area contributed by atoms with Crippen LogP contribution in [0.1, 0.15) is 6.92 Å². The quantitative estimate of drug-likeness (QED) is 0.246. The van der Waals surface area contributed by atoms with Gasteiger partial charge in [0.2, 0.25) is 0 Å². The van der Waals surface area contributed by atoms with E-state index in [-0.39, 0.29) is 43.9 Å². The molecule has 32 valence electrons. The van der Waals surface area contributed by atoms with Gasteiger partial charge in [0.05, 0.1) is 0 Å². The Hall–Kier alpha value is 1.54. The second kappa shape index (κ2) is 10.5. The second-order valence-electron chi connectivity index (χ2n) is 0.649. The van der Waals surface area contributed by atoms with Crippen LogP contribution in [0, 0.1) is 0 Å². The van der Waals surface area contributed by atoms with E-state index in [1.54, 1.807) is 6.92 Å². The fourth-order valence-electron chi connectivity index (χ4n) is 0. The molecule has 0 saturated heterocycles. The predicted molar refractivity (Wildman–Crippen MR) is 17.5 cm³/mol. The summed E-state index contributed by atoms with van der Waals surface area (Å²) in [5, 5.41) is 0. The van der Waals surface area contributed by atoms with Crippen molar-refractivity contribution in [2.45, 2.75) is 6.92 Å². The van der Waals surface area contributed by atoms with Crippen LogP contribution in [0.5, 0.6) is 0 Å². The van der Waals surface area contributed by atoms with Crippen LogP contribution in [-0.4, -0.2) is 6.16 Å². The Morgan fingerprint density at radius 2 is 1.43 bits per heavy atom. The molecule has 0 saturated carbocycles. The number of rotatable bonds is 1. The normalized spacial score (nSPS) is 6.86. The SMILES string of the molecule is CCP([O-])[O-].[Li+].[Li+]. The first-order valence-electron chi connectivity index (χ1n) is 1.39. The Labute approximate surface area is 69.0 Å². The molecule has 0 amide bonds. The standard InChI is InChI=1S/C2H5O2P.2Li/c1-2-5(3)4;;/h2H2,1H3;;/q-2;2*+1. The van der Waals surface area contributed by atoms with Crippen LogP contribution in [0.25, 0.3) is 0 Å². The minimum absolute atomic E-state index is 0. The molecule has 0 aliphatic rings. The molecule has 0 spiro atoms. The monoisotopic (exact) mass is 106 g/mol. The molecule has 5 heteroatoms. The predicted octanol–water partition coefficient (Wildman–Crippen LogP) is -6.95. The van der Waals surface area contributed by atoms with Crippen LogP contribution in [0.2, 0.25) is 0 Å². The summed E-state index contributed by atoms with van der Waals surface area (Å²) in [6.45, 7) is 1.60. The van der Waals surface area contributed by atoms with Gasteiger partial charge in [-0.15, -0.1) is 0 Å². The molecule has 0 heterocycles. The van der Waals surface area contributed by atoms with Crippen molar-refractivity contribution >= 4 is 8.38 Å². The van der Waals surface area contributed by atoms with E-state index < -0.39 is 8.38 Å². The first-order valence-corrected chi connectivity index (χ1v) is 2.75. The molecule has 0 radical (unpaired) electrons. The van der Waals surface area contributed by atoms with Gasteiger partial charge in [-0.1, -0.05) is 13.1 Å². The Bertz CT molecular complexity index is 27.7. The molecule has 7 heavy (non-hydrogen) atoms. The number of hydrogen-bond acceptors (Lipinski definition) is 2. The molecule has 0 bridgehead atoms. The molecule has 0 aromatic heterocycles. The molecule has 2 nitrogen and oxygen atoms in total. The van der Waals surface area contributed by atoms with Gasteiger partial charge in [0.1, 0.15) is 0 Å². The van der Waals surface area contributed by atoms with E-state index in [2.05, 4.69) is 0 Å². The summed E-state index contributed by atoms with van der Waals surface area (Å²) in [5.41, 5.74) is 0. The minimum Gasteiger partial charge on any atom is -0.842 e. The molecular formula is C2H5Li2O2P. The van der Waals surface area contributed by atoms with E-state index in [0.717, 1.165) is 0 Å². The summed E-state index contributed by atoms with van der Waals surface area (Å²) < 4.78 is 0. The third-order valence-corrected chi connectivity index (χ3v) is 0.775. The molecule has 0 aliphatic carbocycles. The molecule has 0 rings (SSSR count). The smallest absolute Gasteiger partial charge is 0.842 e. The minimum atomic E-state index is -2.10. The van der Waals surface area contributed by atoms with Crippen molar-refractivity contribution in [1.29, 1.82) is 0 Å². The van der Waals surface area contributed by atoms with Crippen molar-refractivity contribution in [3.63, 3.8) is 0 Å². The van der Waals surface area contributed by atoms with Gasteiger partial charge in [0, 0.05) is 0 Å². The summed E-state index contributed by atoms with van der Waals surface area (Å²) in [6, 6.07) is 0. The molecule has 0 aromatic carbocycles. The van der Waals surface area contributed by atoms with Crippen molar-refractivity contribution in [2.24, 2.45) is 0 Å². The maximum absolute atomic E-state index is 9.41. The Morgan fingerprint density at radius 1 is 1.29 bits per heavy atom. The maximum atomic E-state index is 9.41. The largest absolute Gasteiger partial charge is 1.00 e. The molecule has 0 aromatic rings. The zero-order valence-corrected chi connectivity index (χ0v) is 5.87. The van der Waals surface area contributed by atoms with E-state index in [0.29, 0.717) is 0 Å². The second-order valence-corrected chi connectivity index (χ2v) is 1.95. The van der Waals surface area contributed by atoms with Crippen LogP contribution in [0.3, 0.4) is 0 Å².